The molecule has 1 aromatic rings. The van der Waals surface area contributed by atoms with Gasteiger partial charge in [-0.3, -0.25) is 9.59 Å². The number of H-pyrrole nitrogens is 1. The molecule has 1 amide bonds. The van der Waals surface area contributed by atoms with Crippen LogP contribution in [0.15, 0.2) is 17.2 Å². The number of ether oxygens (including phenoxy) is 1. The molecule has 0 aliphatic heterocycles. The van der Waals surface area contributed by atoms with E-state index < -0.39 is 29.1 Å². The fourth-order valence-corrected chi connectivity index (χ4v) is 1.19. The van der Waals surface area contributed by atoms with Crippen LogP contribution in [-0.2, 0) is 9.53 Å². The lowest BCUT2D eigenvalue weighted by Crippen LogP contribution is -2.42. The number of hydrogen-bond donors (Lipinski definition) is 2. The second-order valence-electron chi connectivity index (χ2n) is 5.02. The second-order valence-corrected chi connectivity index (χ2v) is 5.02. The van der Waals surface area contributed by atoms with E-state index in [1.807, 2.05) is 0 Å². The molecule has 0 aromatic carbocycles. The maximum absolute atomic E-state index is 11.7. The zero-order valence-electron chi connectivity index (χ0n) is 11.3. The molecule has 0 saturated heterocycles. The van der Waals surface area contributed by atoms with Gasteiger partial charge in [-0.1, -0.05) is 0 Å². The van der Waals surface area contributed by atoms with Crippen molar-refractivity contribution in [2.45, 2.75) is 39.3 Å². The van der Waals surface area contributed by atoms with Gasteiger partial charge in [0.05, 0.1) is 6.20 Å². The summed E-state index contributed by atoms with van der Waals surface area (Å²) >= 11 is 0. The number of nitrogens with one attached hydrogen (secondary N) is 2. The SMILES string of the molecule is C[C@H](NC(=O)c1c[nH]c(=O)cn1)C(=O)OC(C)(C)C. The van der Waals surface area contributed by atoms with E-state index in [2.05, 4.69) is 15.3 Å². The van der Waals surface area contributed by atoms with Gasteiger partial charge in [0.1, 0.15) is 17.3 Å². The number of carbonyl (C=O) groups is 2. The van der Waals surface area contributed by atoms with Crippen molar-refractivity contribution >= 4 is 11.9 Å². The number of hydrogen-bond acceptors (Lipinski definition) is 5. The fourth-order valence-electron chi connectivity index (χ4n) is 1.19. The van der Waals surface area contributed by atoms with Crippen molar-refractivity contribution < 1.29 is 14.3 Å². The minimum absolute atomic E-state index is 0.0232. The van der Waals surface area contributed by atoms with Crippen LogP contribution in [0.25, 0.3) is 0 Å². The minimum atomic E-state index is -0.805. The number of aromatic nitrogens is 2. The molecule has 7 heteroatoms. The van der Waals surface area contributed by atoms with Gasteiger partial charge in [-0.2, -0.15) is 0 Å². The van der Waals surface area contributed by atoms with Crippen LogP contribution in [-0.4, -0.2) is 33.5 Å². The van der Waals surface area contributed by atoms with E-state index >= 15 is 0 Å². The summed E-state index contributed by atoms with van der Waals surface area (Å²) in [5, 5.41) is 2.44. The summed E-state index contributed by atoms with van der Waals surface area (Å²) in [4.78, 5) is 40.2. The number of rotatable bonds is 3. The molecule has 19 heavy (non-hydrogen) atoms. The lowest BCUT2D eigenvalue weighted by molar-refractivity contribution is -0.156. The predicted molar refractivity (Wildman–Crippen MR) is 67.6 cm³/mol. The van der Waals surface area contributed by atoms with Crippen LogP contribution in [0.2, 0.25) is 0 Å². The summed E-state index contributed by atoms with van der Waals surface area (Å²) in [6.07, 6.45) is 2.17. The standard InChI is InChI=1S/C12H17N3O4/c1-7(11(18)19-12(2,3)4)15-10(17)8-5-14-9(16)6-13-8/h5-7H,1-4H3,(H,14,16)(H,15,17)/t7-/m0/s1. The lowest BCUT2D eigenvalue weighted by atomic mass is 10.2. The smallest absolute Gasteiger partial charge is 0.328 e. The Bertz CT molecular complexity index is 510. The molecule has 7 nitrogen and oxygen atoms in total. The topological polar surface area (TPSA) is 101 Å². The minimum Gasteiger partial charge on any atom is -0.458 e. The molecule has 0 bridgehead atoms. The van der Waals surface area contributed by atoms with Crippen molar-refractivity contribution in [3.8, 4) is 0 Å². The van der Waals surface area contributed by atoms with Crippen LogP contribution in [0.3, 0.4) is 0 Å². The van der Waals surface area contributed by atoms with E-state index in [1.54, 1.807) is 20.8 Å². The third kappa shape index (κ3) is 4.90. The van der Waals surface area contributed by atoms with Crippen molar-refractivity contribution in [2.24, 2.45) is 0 Å². The molecular formula is C12H17N3O4. The van der Waals surface area contributed by atoms with E-state index in [0.29, 0.717) is 0 Å². The quantitative estimate of drug-likeness (QED) is 0.763. The van der Waals surface area contributed by atoms with E-state index in [0.717, 1.165) is 6.20 Å². The molecule has 1 heterocycles. The fraction of sp³-hybridized carbons (Fsp3) is 0.500. The molecular weight excluding hydrogens is 250 g/mol. The summed E-state index contributed by atoms with van der Waals surface area (Å²) in [6, 6.07) is -0.805. The molecule has 0 fully saturated rings. The van der Waals surface area contributed by atoms with Gasteiger partial charge in [-0.25, -0.2) is 9.78 Å². The van der Waals surface area contributed by atoms with E-state index in [9.17, 15) is 14.4 Å². The van der Waals surface area contributed by atoms with Gasteiger partial charge in [-0.05, 0) is 27.7 Å². The zero-order chi connectivity index (χ0) is 14.6. The van der Waals surface area contributed by atoms with Crippen molar-refractivity contribution in [2.75, 3.05) is 0 Å². The van der Waals surface area contributed by atoms with Crippen molar-refractivity contribution in [3.63, 3.8) is 0 Å². The van der Waals surface area contributed by atoms with Crippen molar-refractivity contribution in [1.82, 2.24) is 15.3 Å². The molecule has 2 N–H and O–H groups in total. The number of nitrogens with zero attached hydrogens (tertiary/aromatic N) is 1. The summed E-state index contributed by atoms with van der Waals surface area (Å²) in [7, 11) is 0. The molecule has 1 rings (SSSR count). The normalized spacial score (nSPS) is 12.6. The Balaban J connectivity index is 2.64. The van der Waals surface area contributed by atoms with Gasteiger partial charge >= 0.3 is 5.97 Å². The maximum Gasteiger partial charge on any atom is 0.328 e. The van der Waals surface area contributed by atoms with Crippen LogP contribution >= 0.6 is 0 Å². The summed E-state index contributed by atoms with van der Waals surface area (Å²) < 4.78 is 5.12. The highest BCUT2D eigenvalue weighted by Gasteiger charge is 2.23. The van der Waals surface area contributed by atoms with Gasteiger partial charge in [0.15, 0.2) is 0 Å². The Morgan fingerprint density at radius 2 is 2.05 bits per heavy atom. The summed E-state index contributed by atoms with van der Waals surface area (Å²) in [5.41, 5.74) is -1.00. The van der Waals surface area contributed by atoms with Crippen molar-refractivity contribution in [1.29, 1.82) is 0 Å². The lowest BCUT2D eigenvalue weighted by Gasteiger charge is -2.22. The average molecular weight is 267 g/mol. The van der Waals surface area contributed by atoms with Gasteiger partial charge in [0, 0.05) is 6.20 Å². The third-order valence-corrected chi connectivity index (χ3v) is 2.01. The molecule has 0 unspecified atom stereocenters. The average Bonchev–Trinajstić information content (AvgIpc) is 2.27. The van der Waals surface area contributed by atoms with Gasteiger partial charge in [-0.15, -0.1) is 0 Å². The first kappa shape index (κ1) is 14.9. The number of esters is 1. The summed E-state index contributed by atoms with van der Waals surface area (Å²) in [5.74, 6) is -1.10. The van der Waals surface area contributed by atoms with Gasteiger partial charge < -0.3 is 15.0 Å². The van der Waals surface area contributed by atoms with E-state index in [-0.39, 0.29) is 5.69 Å². The molecule has 0 aliphatic carbocycles. The Morgan fingerprint density at radius 3 is 2.53 bits per heavy atom. The highest BCUT2D eigenvalue weighted by atomic mass is 16.6. The Labute approximate surface area is 110 Å². The van der Waals surface area contributed by atoms with Crippen molar-refractivity contribution in [3.05, 3.63) is 28.4 Å². The van der Waals surface area contributed by atoms with Crippen LogP contribution in [0.1, 0.15) is 38.2 Å². The van der Waals surface area contributed by atoms with Crippen LogP contribution in [0.4, 0.5) is 0 Å². The first-order valence-electron chi connectivity index (χ1n) is 5.77. The Hall–Kier alpha value is -2.18. The molecule has 0 aliphatic rings. The predicted octanol–water partition coefficient (Wildman–Crippen LogP) is 0.230. The molecule has 104 valence electrons. The monoisotopic (exact) mass is 267 g/mol. The summed E-state index contributed by atoms with van der Waals surface area (Å²) in [6.45, 7) is 6.73. The number of amides is 1. The molecule has 0 saturated carbocycles. The Morgan fingerprint density at radius 1 is 1.42 bits per heavy atom. The van der Waals surface area contributed by atoms with E-state index in [4.69, 9.17) is 4.74 Å². The van der Waals surface area contributed by atoms with Crippen LogP contribution in [0.5, 0.6) is 0 Å². The molecule has 1 atom stereocenters. The van der Waals surface area contributed by atoms with Crippen LogP contribution in [0, 0.1) is 0 Å². The molecule has 0 radical (unpaired) electrons. The Kier molecular flexibility index (Phi) is 4.42. The maximum atomic E-state index is 11.7. The second kappa shape index (κ2) is 5.64. The van der Waals surface area contributed by atoms with Gasteiger partial charge in [0.2, 0.25) is 0 Å². The highest BCUT2D eigenvalue weighted by molar-refractivity contribution is 5.94. The zero-order valence-corrected chi connectivity index (χ0v) is 11.3. The first-order chi connectivity index (χ1) is 8.69. The number of aromatic amines is 1. The third-order valence-electron chi connectivity index (χ3n) is 2.01. The highest BCUT2D eigenvalue weighted by Crippen LogP contribution is 2.08. The van der Waals surface area contributed by atoms with Gasteiger partial charge in [0.25, 0.3) is 11.5 Å². The van der Waals surface area contributed by atoms with E-state index in [1.165, 1.54) is 13.1 Å². The largest absolute Gasteiger partial charge is 0.458 e. The van der Waals surface area contributed by atoms with Crippen LogP contribution < -0.4 is 10.9 Å². The molecule has 0 spiro atoms. The molecule has 1 aromatic heterocycles. The first-order valence-corrected chi connectivity index (χ1v) is 5.77. The number of carbonyl (C=O) groups excluding carboxylic acids is 2.